The Morgan fingerprint density at radius 2 is 1.50 bits per heavy atom. The Balaban J connectivity index is 1.80. The van der Waals surface area contributed by atoms with Gasteiger partial charge in [0.15, 0.2) is 5.52 Å². The second-order valence-corrected chi connectivity index (χ2v) is 13.0. The highest BCUT2D eigenvalue weighted by Crippen LogP contribution is 2.42. The number of benzene rings is 3. The van der Waals surface area contributed by atoms with Gasteiger partial charge < -0.3 is 4.42 Å². The Hall–Kier alpha value is -3.92. The number of hydrogen-bond acceptors (Lipinski definition) is 2. The van der Waals surface area contributed by atoms with Crippen LogP contribution >= 0.6 is 0 Å². The van der Waals surface area contributed by atoms with E-state index in [1.165, 1.54) is 27.9 Å². The summed E-state index contributed by atoms with van der Waals surface area (Å²) in [6, 6.07) is 21.8. The normalized spacial score (nSPS) is 12.6. The molecule has 0 fully saturated rings. The van der Waals surface area contributed by atoms with Crippen LogP contribution in [0, 0.1) is 6.92 Å². The maximum absolute atomic E-state index is 6.54. The second-order valence-electron chi connectivity index (χ2n) is 13.0. The number of fused-ring (bicyclic) bond motifs is 4. The first-order chi connectivity index (χ1) is 19.0. The molecule has 0 bridgehead atoms. The number of hydrogen-bond donors (Lipinski definition) is 0. The molecule has 4 nitrogen and oxygen atoms in total. The van der Waals surface area contributed by atoms with Gasteiger partial charge in [-0.3, -0.25) is 0 Å². The molecule has 0 amide bonds. The first kappa shape index (κ1) is 26.3. The van der Waals surface area contributed by atoms with E-state index in [-0.39, 0.29) is 5.41 Å². The average molecular weight is 531 g/mol. The molecular formula is C36H40N3O+. The molecule has 0 aliphatic rings. The molecule has 0 aliphatic carbocycles. The Labute approximate surface area is 237 Å². The molecule has 3 heterocycles. The van der Waals surface area contributed by atoms with E-state index in [1.54, 1.807) is 0 Å². The summed E-state index contributed by atoms with van der Waals surface area (Å²) < 4.78 is 11.2. The van der Waals surface area contributed by atoms with Crippen LogP contribution in [0.15, 0.2) is 71.3 Å². The van der Waals surface area contributed by atoms with Crippen LogP contribution in [-0.2, 0) is 12.5 Å². The highest BCUT2D eigenvalue weighted by Gasteiger charge is 2.32. The molecule has 6 rings (SSSR count). The van der Waals surface area contributed by atoms with Gasteiger partial charge in [0.1, 0.15) is 16.9 Å². The van der Waals surface area contributed by atoms with Crippen molar-refractivity contribution < 1.29 is 8.98 Å². The van der Waals surface area contributed by atoms with Gasteiger partial charge in [-0.15, -0.1) is 0 Å². The monoisotopic (exact) mass is 530 g/mol. The van der Waals surface area contributed by atoms with E-state index in [1.807, 2.05) is 12.1 Å². The van der Waals surface area contributed by atoms with Crippen molar-refractivity contribution in [3.63, 3.8) is 0 Å². The van der Waals surface area contributed by atoms with Crippen LogP contribution in [0.3, 0.4) is 0 Å². The lowest BCUT2D eigenvalue weighted by Crippen LogP contribution is -2.31. The molecule has 3 aromatic heterocycles. The van der Waals surface area contributed by atoms with Crippen molar-refractivity contribution in [3.05, 3.63) is 89.1 Å². The van der Waals surface area contributed by atoms with Gasteiger partial charge in [0.05, 0.1) is 18.8 Å². The Morgan fingerprint density at radius 3 is 2.15 bits per heavy atom. The molecule has 0 N–H and O–H groups in total. The van der Waals surface area contributed by atoms with E-state index in [2.05, 4.69) is 126 Å². The third-order valence-electron chi connectivity index (χ3n) is 8.12. The maximum Gasteiger partial charge on any atom is 0.314 e. The molecule has 0 spiro atoms. The Morgan fingerprint density at radius 1 is 0.850 bits per heavy atom. The minimum absolute atomic E-state index is 0.0489. The van der Waals surface area contributed by atoms with Gasteiger partial charge in [0, 0.05) is 21.9 Å². The fourth-order valence-electron chi connectivity index (χ4n) is 6.05. The van der Waals surface area contributed by atoms with Crippen molar-refractivity contribution in [2.45, 2.75) is 72.6 Å². The van der Waals surface area contributed by atoms with Crippen LogP contribution in [0.2, 0.25) is 0 Å². The average Bonchev–Trinajstić information content (AvgIpc) is 3.45. The van der Waals surface area contributed by atoms with Crippen LogP contribution < -0.4 is 4.57 Å². The van der Waals surface area contributed by atoms with E-state index < -0.39 is 0 Å². The van der Waals surface area contributed by atoms with E-state index in [4.69, 9.17) is 9.40 Å². The van der Waals surface area contributed by atoms with Crippen LogP contribution in [0.5, 0.6) is 0 Å². The summed E-state index contributed by atoms with van der Waals surface area (Å²) in [7, 11) is 2.13. The lowest BCUT2D eigenvalue weighted by atomic mass is 9.81. The van der Waals surface area contributed by atoms with Crippen molar-refractivity contribution in [3.8, 4) is 17.1 Å². The number of nitrogens with zero attached hydrogens (tertiary/aromatic N) is 3. The predicted octanol–water partition coefficient (Wildman–Crippen LogP) is 9.27. The number of aryl methyl sites for hydroxylation is 2. The maximum atomic E-state index is 6.54. The molecule has 0 aliphatic heterocycles. The minimum Gasteiger partial charge on any atom is -0.455 e. The van der Waals surface area contributed by atoms with Gasteiger partial charge in [-0.25, -0.2) is 9.55 Å². The topological polar surface area (TPSA) is 34.8 Å². The molecule has 6 aromatic rings. The van der Waals surface area contributed by atoms with Gasteiger partial charge >= 0.3 is 5.65 Å². The largest absolute Gasteiger partial charge is 0.455 e. The van der Waals surface area contributed by atoms with Gasteiger partial charge in [-0.1, -0.05) is 90.9 Å². The van der Waals surface area contributed by atoms with Gasteiger partial charge in [-0.05, 0) is 53.5 Å². The molecule has 4 heteroatoms. The van der Waals surface area contributed by atoms with E-state index in [9.17, 15) is 0 Å². The Bertz CT molecular complexity index is 1880. The summed E-state index contributed by atoms with van der Waals surface area (Å²) in [4.78, 5) is 5.36. The highest BCUT2D eigenvalue weighted by molar-refractivity contribution is 6.09. The minimum atomic E-state index is 0.0489. The van der Waals surface area contributed by atoms with E-state index >= 15 is 0 Å². The molecule has 0 atom stereocenters. The molecule has 40 heavy (non-hydrogen) atoms. The quantitative estimate of drug-likeness (QED) is 0.213. The third-order valence-corrected chi connectivity index (χ3v) is 8.12. The summed E-state index contributed by atoms with van der Waals surface area (Å²) in [5, 5.41) is 2.24. The van der Waals surface area contributed by atoms with Crippen molar-refractivity contribution in [1.29, 1.82) is 0 Å². The molecule has 3 aromatic carbocycles. The highest BCUT2D eigenvalue weighted by atomic mass is 16.3. The van der Waals surface area contributed by atoms with Crippen LogP contribution in [0.1, 0.15) is 82.6 Å². The lowest BCUT2D eigenvalue weighted by Gasteiger charge is -2.26. The summed E-state index contributed by atoms with van der Waals surface area (Å²) in [6.07, 6.45) is 2.19. The SMILES string of the molecule is Cc1cc2nc(-c3cccc4c3oc3ccccc34)n(-c3c(C(C)C)cc(C(C)(C)C)cc3C(C)C)c2[n+](C)c1. The zero-order valence-electron chi connectivity index (χ0n) is 25.3. The number of aromatic nitrogens is 3. The van der Waals surface area contributed by atoms with E-state index in [0.29, 0.717) is 11.8 Å². The molecule has 0 saturated heterocycles. The number of furan rings is 1. The standard InChI is InChI=1S/C36H40N3O/c1-21(2)28-18-24(36(6,7)8)19-29(22(3)4)32(28)39-34(37-30-17-23(5)20-38(9)35(30)39)27-15-12-14-26-25-13-10-11-16-31(25)40-33(26)27/h10-22H,1-9H3/q+1. The van der Waals surface area contributed by atoms with Crippen molar-refractivity contribution in [1.82, 2.24) is 9.55 Å². The van der Waals surface area contributed by atoms with Crippen LogP contribution in [0.4, 0.5) is 0 Å². The molecule has 0 saturated carbocycles. The molecule has 0 unspecified atom stereocenters. The number of pyridine rings is 1. The van der Waals surface area contributed by atoms with Gasteiger partial charge in [0.2, 0.25) is 5.82 Å². The van der Waals surface area contributed by atoms with Crippen LogP contribution in [0.25, 0.3) is 50.2 Å². The first-order valence-electron chi connectivity index (χ1n) is 14.4. The number of rotatable bonds is 4. The van der Waals surface area contributed by atoms with Crippen LogP contribution in [-0.4, -0.2) is 9.55 Å². The summed E-state index contributed by atoms with van der Waals surface area (Å²) in [5.74, 6) is 1.57. The number of para-hydroxylation sites is 2. The smallest absolute Gasteiger partial charge is 0.314 e. The Kier molecular flexibility index (Phi) is 6.14. The number of imidazole rings is 1. The van der Waals surface area contributed by atoms with Gasteiger partial charge in [0.25, 0.3) is 0 Å². The van der Waals surface area contributed by atoms with Crippen molar-refractivity contribution in [2.24, 2.45) is 7.05 Å². The summed E-state index contributed by atoms with van der Waals surface area (Å²) in [5.41, 5.74) is 11.4. The van der Waals surface area contributed by atoms with Gasteiger partial charge in [-0.2, -0.15) is 4.57 Å². The summed E-state index contributed by atoms with van der Waals surface area (Å²) in [6.45, 7) is 18.3. The fraction of sp³-hybridized carbons (Fsp3) is 0.333. The third kappa shape index (κ3) is 4.13. The fourth-order valence-corrected chi connectivity index (χ4v) is 6.05. The predicted molar refractivity (Wildman–Crippen MR) is 167 cm³/mol. The van der Waals surface area contributed by atoms with Crippen molar-refractivity contribution >= 4 is 33.1 Å². The summed E-state index contributed by atoms with van der Waals surface area (Å²) >= 11 is 0. The second kappa shape index (κ2) is 9.33. The lowest BCUT2D eigenvalue weighted by molar-refractivity contribution is -0.647. The zero-order valence-corrected chi connectivity index (χ0v) is 25.3. The molecule has 204 valence electrons. The van der Waals surface area contributed by atoms with E-state index in [0.717, 1.165) is 44.5 Å². The van der Waals surface area contributed by atoms with Crippen molar-refractivity contribution in [2.75, 3.05) is 0 Å². The first-order valence-corrected chi connectivity index (χ1v) is 14.4. The molecule has 0 radical (unpaired) electrons. The zero-order chi connectivity index (χ0) is 28.5. The molecular weight excluding hydrogens is 490 g/mol.